The molecular weight excluding hydrogens is 723 g/mol. The fourth-order valence-corrected chi connectivity index (χ4v) is 6.03. The fourth-order valence-electron chi connectivity index (χ4n) is 4.46. The van der Waals surface area contributed by atoms with E-state index < -0.39 is 132 Å². The van der Waals surface area contributed by atoms with Crippen molar-refractivity contribution in [3.05, 3.63) is 117 Å². The third-order valence-electron chi connectivity index (χ3n) is 7.03. The third-order valence-corrected chi connectivity index (χ3v) is 9.51. The van der Waals surface area contributed by atoms with Crippen LogP contribution in [0.5, 0.6) is 11.5 Å². The molecule has 0 saturated heterocycles. The van der Waals surface area contributed by atoms with Crippen molar-refractivity contribution in [1.29, 1.82) is 0 Å². The van der Waals surface area contributed by atoms with E-state index in [1.807, 2.05) is 0 Å². The topological polar surface area (TPSA) is 36.9 Å². The lowest BCUT2D eigenvalue weighted by Crippen LogP contribution is -2.50. The lowest BCUT2D eigenvalue weighted by Gasteiger charge is -2.39. The highest BCUT2D eigenvalue weighted by atomic mass is 27.2. The van der Waals surface area contributed by atoms with Gasteiger partial charge in [-0.2, -0.15) is 22.0 Å². The van der Waals surface area contributed by atoms with Crippen LogP contribution in [-0.2, 0) is 14.0 Å². The second kappa shape index (κ2) is 14.2. The summed E-state index contributed by atoms with van der Waals surface area (Å²) >= 11 is -2.97. The van der Waals surface area contributed by atoms with Crippen LogP contribution in [0.4, 0.5) is 65.9 Å². The SMILES string of the molecule is C[CH2][Al]([CH2]C)[O]C1(F)C(F)=C(F)C(OB(Oc2c(F)c(F)c(F)c(F)c2F)Oc2c(F)c(F)c(F)c(F)c2F)(c2ccccc2)C(F)=C1F. The highest BCUT2D eigenvalue weighted by Crippen LogP contribution is 2.55. The number of hydrogen-bond donors (Lipinski definition) is 0. The van der Waals surface area contributed by atoms with E-state index in [0.717, 1.165) is 18.2 Å². The Kier molecular flexibility index (Phi) is 11.0. The van der Waals surface area contributed by atoms with E-state index in [-0.39, 0.29) is 10.6 Å². The summed E-state index contributed by atoms with van der Waals surface area (Å²) in [6.45, 7) is 2.77. The van der Waals surface area contributed by atoms with Gasteiger partial charge in [-0.1, -0.05) is 54.7 Å². The normalized spacial score (nSPS) is 19.4. The maximum Gasteiger partial charge on any atom is 0.789 e. The van der Waals surface area contributed by atoms with Crippen molar-refractivity contribution in [2.24, 2.45) is 0 Å². The third kappa shape index (κ3) is 6.26. The van der Waals surface area contributed by atoms with Gasteiger partial charge in [-0.15, -0.1) is 0 Å². The van der Waals surface area contributed by atoms with Crippen LogP contribution < -0.4 is 9.31 Å². The molecule has 3 aromatic carbocycles. The predicted octanol–water partition coefficient (Wildman–Crippen LogP) is 9.46. The van der Waals surface area contributed by atoms with Crippen molar-refractivity contribution < 1.29 is 83.6 Å². The van der Waals surface area contributed by atoms with E-state index in [1.165, 1.54) is 13.8 Å². The highest BCUT2D eigenvalue weighted by molar-refractivity contribution is 6.51. The predicted molar refractivity (Wildman–Crippen MR) is 139 cm³/mol. The van der Waals surface area contributed by atoms with Gasteiger partial charge in [0.1, 0.15) is 0 Å². The first-order valence-corrected chi connectivity index (χ1v) is 15.6. The first kappa shape index (κ1) is 38.0. The Hall–Kier alpha value is -3.79. The molecule has 4 rings (SSSR count). The van der Waals surface area contributed by atoms with Crippen LogP contribution in [0.25, 0.3) is 0 Å². The molecule has 0 aromatic heterocycles. The molecule has 262 valence electrons. The van der Waals surface area contributed by atoms with Crippen LogP contribution in [0.1, 0.15) is 19.4 Å². The molecule has 0 N–H and O–H groups in total. The Bertz CT molecular complexity index is 1680. The first-order chi connectivity index (χ1) is 22.9. The van der Waals surface area contributed by atoms with Crippen LogP contribution in [-0.4, -0.2) is 27.7 Å². The summed E-state index contributed by atoms with van der Waals surface area (Å²) in [6.07, 6.45) is 0. The lowest BCUT2D eigenvalue weighted by molar-refractivity contribution is -0.0641. The molecule has 0 radical (unpaired) electrons. The summed E-state index contributed by atoms with van der Waals surface area (Å²) in [6, 6.07) is 4.09. The molecule has 1 aliphatic carbocycles. The van der Waals surface area contributed by atoms with E-state index in [2.05, 4.69) is 9.31 Å². The molecule has 0 saturated carbocycles. The molecular formula is C28H15AlBF15O4. The van der Waals surface area contributed by atoms with Gasteiger partial charge in [0.2, 0.25) is 69.8 Å². The zero-order valence-corrected chi connectivity index (χ0v) is 25.4. The average molecular weight is 738 g/mol. The molecule has 1 aliphatic rings. The van der Waals surface area contributed by atoms with Gasteiger partial charge in [0.15, 0.2) is 28.8 Å². The quantitative estimate of drug-likeness (QED) is 0.0851. The highest BCUT2D eigenvalue weighted by Gasteiger charge is 2.63. The van der Waals surface area contributed by atoms with Gasteiger partial charge in [-0.05, 0) is 5.56 Å². The molecule has 3 aromatic rings. The Morgan fingerprint density at radius 1 is 0.531 bits per heavy atom. The van der Waals surface area contributed by atoms with Gasteiger partial charge < -0.3 is 17.8 Å². The van der Waals surface area contributed by atoms with Crippen LogP contribution in [0, 0.1) is 58.2 Å². The van der Waals surface area contributed by atoms with E-state index in [1.54, 1.807) is 0 Å². The zero-order valence-electron chi connectivity index (χ0n) is 24.3. The van der Waals surface area contributed by atoms with E-state index >= 15 is 22.0 Å². The number of hydrogen-bond acceptors (Lipinski definition) is 4. The van der Waals surface area contributed by atoms with Crippen molar-refractivity contribution in [2.45, 2.75) is 35.9 Å². The number of halogens is 15. The maximum atomic E-state index is 16.2. The fraction of sp³-hybridized carbons (Fsp3) is 0.214. The summed E-state index contributed by atoms with van der Waals surface area (Å²) in [5.74, 6) is -49.6. The zero-order chi connectivity index (χ0) is 36.7. The minimum absolute atomic E-state index is 0.0418. The minimum atomic E-state index is -4.61. The van der Waals surface area contributed by atoms with Crippen molar-refractivity contribution in [3.8, 4) is 11.5 Å². The minimum Gasteiger partial charge on any atom is -0.496 e. The second-order valence-electron chi connectivity index (χ2n) is 9.90. The molecule has 0 bridgehead atoms. The van der Waals surface area contributed by atoms with Crippen molar-refractivity contribution >= 4 is 21.8 Å². The van der Waals surface area contributed by atoms with Gasteiger partial charge in [0.25, 0.3) is 5.85 Å². The van der Waals surface area contributed by atoms with Crippen molar-refractivity contribution in [1.82, 2.24) is 0 Å². The Balaban J connectivity index is 2.03. The molecule has 21 heteroatoms. The van der Waals surface area contributed by atoms with E-state index in [9.17, 15) is 43.9 Å². The van der Waals surface area contributed by atoms with Crippen molar-refractivity contribution in [2.75, 3.05) is 0 Å². The van der Waals surface area contributed by atoms with Crippen LogP contribution in [0.15, 0.2) is 53.6 Å². The Labute approximate surface area is 270 Å². The second-order valence-corrected chi connectivity index (χ2v) is 13.0. The molecule has 0 fully saturated rings. The van der Waals surface area contributed by atoms with Gasteiger partial charge in [0.05, 0.1) is 0 Å². The molecule has 49 heavy (non-hydrogen) atoms. The number of benzene rings is 3. The Morgan fingerprint density at radius 2 is 0.878 bits per heavy atom. The molecule has 0 aliphatic heterocycles. The van der Waals surface area contributed by atoms with E-state index in [4.69, 9.17) is 8.44 Å². The smallest absolute Gasteiger partial charge is 0.496 e. The summed E-state index contributed by atoms with van der Waals surface area (Å²) in [5.41, 5.74) is -5.44. The summed E-state index contributed by atoms with van der Waals surface area (Å²) in [4.78, 5) is 0. The maximum absolute atomic E-state index is 16.2. The first-order valence-electron chi connectivity index (χ1n) is 13.5. The molecule has 0 atom stereocenters. The summed E-state index contributed by atoms with van der Waals surface area (Å²) < 4.78 is 239. The molecule has 0 heterocycles. The summed E-state index contributed by atoms with van der Waals surface area (Å²) in [7, 11) is -3.87. The van der Waals surface area contributed by atoms with Crippen LogP contribution in [0.2, 0.25) is 10.6 Å². The van der Waals surface area contributed by atoms with E-state index in [0.29, 0.717) is 12.1 Å². The van der Waals surface area contributed by atoms with Gasteiger partial charge >= 0.3 is 21.8 Å². The van der Waals surface area contributed by atoms with Gasteiger partial charge in [0, 0.05) is 0 Å². The number of alkyl halides is 1. The Morgan fingerprint density at radius 3 is 1.22 bits per heavy atom. The average Bonchev–Trinajstić information content (AvgIpc) is 3.11. The molecule has 0 spiro atoms. The standard InChI is InChI=1S/C24H5BF15O4.2C2H5.Al/c26-7-9(28)13(32)17(14(33)10(7)29)42-25(43-18-15(34)11(30)8(27)12(31)16(18)35)44-23(6-4-2-1-3-5-6)19(36)21(38)24(40,41)22(39)20(23)37;2*1-2;/h1-5H;2*1H2,2H3;/q-1;;;+1. The monoisotopic (exact) mass is 738 g/mol. The molecule has 0 unspecified atom stereocenters. The number of rotatable bonds is 11. The largest absolute Gasteiger partial charge is 0.789 e. The van der Waals surface area contributed by atoms with Crippen LogP contribution >= 0.6 is 0 Å². The molecule has 4 nitrogen and oxygen atoms in total. The van der Waals surface area contributed by atoms with Gasteiger partial charge in [-0.3, -0.25) is 0 Å². The van der Waals surface area contributed by atoms with Crippen LogP contribution in [0.3, 0.4) is 0 Å². The lowest BCUT2D eigenvalue weighted by atomic mass is 9.83. The summed E-state index contributed by atoms with van der Waals surface area (Å²) in [5, 5.41) is -0.0836. The van der Waals surface area contributed by atoms with Gasteiger partial charge in [-0.25, -0.2) is 43.9 Å². The van der Waals surface area contributed by atoms with Crippen molar-refractivity contribution in [3.63, 3.8) is 0 Å². The molecule has 0 amide bonds.